The summed E-state index contributed by atoms with van der Waals surface area (Å²) in [4.78, 5) is 0. The Kier molecular flexibility index (Phi) is 5.33. The van der Waals surface area contributed by atoms with Crippen molar-refractivity contribution in [3.8, 4) is 0 Å². The molecule has 1 aromatic heterocycles. The van der Waals surface area contributed by atoms with Gasteiger partial charge in [-0.25, -0.2) is 0 Å². The molecule has 0 radical (unpaired) electrons. The summed E-state index contributed by atoms with van der Waals surface area (Å²) in [6, 6.07) is 2.15. The van der Waals surface area contributed by atoms with Crippen molar-refractivity contribution in [2.75, 3.05) is 19.8 Å². The lowest BCUT2D eigenvalue weighted by molar-refractivity contribution is 0.149. The first-order valence-electron chi connectivity index (χ1n) is 5.30. The maximum Gasteiger partial charge on any atom is 0.0590 e. The number of nitrogens with one attached hydrogen (secondary N) is 1. The summed E-state index contributed by atoms with van der Waals surface area (Å²) in [6.45, 7) is 8.65. The Hall–Kier alpha value is -0.800. The van der Waals surface area contributed by atoms with Gasteiger partial charge >= 0.3 is 0 Å². The fourth-order valence-electron chi connectivity index (χ4n) is 1.31. The van der Waals surface area contributed by atoms with E-state index in [-0.39, 0.29) is 0 Å². The Morgan fingerprint density at radius 2 is 2.29 bits per heavy atom. The van der Waals surface area contributed by atoms with Crippen molar-refractivity contribution in [1.29, 1.82) is 0 Å². The molecule has 0 spiro atoms. The van der Waals surface area contributed by atoms with Crippen molar-refractivity contribution in [3.05, 3.63) is 24.0 Å². The van der Waals surface area contributed by atoms with E-state index < -0.39 is 0 Å². The molecule has 14 heavy (non-hydrogen) atoms. The fraction of sp³-hybridized carbons (Fsp3) is 0.636. The minimum absolute atomic E-state index is 0.797. The van der Waals surface area contributed by atoms with Gasteiger partial charge in [0.15, 0.2) is 0 Å². The highest BCUT2D eigenvalue weighted by Gasteiger charge is 1.94. The highest BCUT2D eigenvalue weighted by Crippen LogP contribution is 1.99. The van der Waals surface area contributed by atoms with Crippen LogP contribution >= 0.6 is 0 Å². The molecular formula is C11H20N2O. The first kappa shape index (κ1) is 11.3. The molecule has 3 nitrogen and oxygen atoms in total. The monoisotopic (exact) mass is 196 g/mol. The van der Waals surface area contributed by atoms with E-state index in [0.717, 1.165) is 32.8 Å². The SMILES string of the molecule is CCOCCNCc1ccn(CC)c1. The van der Waals surface area contributed by atoms with Crippen molar-refractivity contribution >= 4 is 0 Å². The maximum absolute atomic E-state index is 5.23. The number of aryl methyl sites for hydroxylation is 1. The first-order chi connectivity index (χ1) is 6.86. The number of ether oxygens (including phenoxy) is 1. The van der Waals surface area contributed by atoms with E-state index in [0.29, 0.717) is 0 Å². The molecule has 0 aliphatic heterocycles. The van der Waals surface area contributed by atoms with Crippen molar-refractivity contribution in [2.24, 2.45) is 0 Å². The predicted molar refractivity (Wildman–Crippen MR) is 58.3 cm³/mol. The van der Waals surface area contributed by atoms with Gasteiger partial charge in [0.1, 0.15) is 0 Å². The first-order valence-corrected chi connectivity index (χ1v) is 5.30. The molecular weight excluding hydrogens is 176 g/mol. The van der Waals surface area contributed by atoms with E-state index in [1.807, 2.05) is 6.92 Å². The van der Waals surface area contributed by atoms with E-state index >= 15 is 0 Å². The number of rotatable bonds is 7. The molecule has 0 amide bonds. The van der Waals surface area contributed by atoms with E-state index in [1.54, 1.807) is 0 Å². The van der Waals surface area contributed by atoms with Gasteiger partial charge in [0.2, 0.25) is 0 Å². The summed E-state index contributed by atoms with van der Waals surface area (Å²) in [5.41, 5.74) is 1.34. The highest BCUT2D eigenvalue weighted by atomic mass is 16.5. The third kappa shape index (κ3) is 3.94. The van der Waals surface area contributed by atoms with Gasteiger partial charge in [-0.05, 0) is 25.5 Å². The van der Waals surface area contributed by atoms with E-state index in [1.165, 1.54) is 5.56 Å². The third-order valence-corrected chi connectivity index (χ3v) is 2.13. The Balaban J connectivity index is 2.12. The minimum Gasteiger partial charge on any atom is -0.380 e. The van der Waals surface area contributed by atoms with Gasteiger partial charge in [-0.15, -0.1) is 0 Å². The highest BCUT2D eigenvalue weighted by molar-refractivity contribution is 5.09. The molecule has 0 aliphatic carbocycles. The lowest BCUT2D eigenvalue weighted by Crippen LogP contribution is -2.18. The fourth-order valence-corrected chi connectivity index (χ4v) is 1.31. The summed E-state index contributed by atoms with van der Waals surface area (Å²) >= 11 is 0. The number of hydrogen-bond donors (Lipinski definition) is 1. The molecule has 1 aromatic rings. The van der Waals surface area contributed by atoms with Crippen LogP contribution < -0.4 is 5.32 Å². The molecule has 0 aromatic carbocycles. The second kappa shape index (κ2) is 6.62. The van der Waals surface area contributed by atoms with E-state index in [4.69, 9.17) is 4.74 Å². The summed E-state index contributed by atoms with van der Waals surface area (Å²) in [5, 5.41) is 3.34. The van der Waals surface area contributed by atoms with Gasteiger partial charge in [0, 0.05) is 38.6 Å². The minimum atomic E-state index is 0.797. The molecule has 1 N–H and O–H groups in total. The average molecular weight is 196 g/mol. The number of hydrogen-bond acceptors (Lipinski definition) is 2. The van der Waals surface area contributed by atoms with Crippen LogP contribution in [0.1, 0.15) is 19.4 Å². The van der Waals surface area contributed by atoms with Crippen molar-refractivity contribution in [2.45, 2.75) is 26.9 Å². The second-order valence-corrected chi connectivity index (χ2v) is 3.22. The van der Waals surface area contributed by atoms with Crippen molar-refractivity contribution in [1.82, 2.24) is 9.88 Å². The van der Waals surface area contributed by atoms with Crippen LogP contribution in [0.4, 0.5) is 0 Å². The van der Waals surface area contributed by atoms with Crippen LogP contribution in [0.5, 0.6) is 0 Å². The maximum atomic E-state index is 5.23. The van der Waals surface area contributed by atoms with Crippen LogP contribution in [0, 0.1) is 0 Å². The third-order valence-electron chi connectivity index (χ3n) is 2.13. The van der Waals surface area contributed by atoms with Gasteiger partial charge in [0.05, 0.1) is 6.61 Å². The normalized spacial score (nSPS) is 10.7. The number of nitrogens with zero attached hydrogens (tertiary/aromatic N) is 1. The van der Waals surface area contributed by atoms with Crippen LogP contribution in [0.15, 0.2) is 18.5 Å². The summed E-state index contributed by atoms with van der Waals surface area (Å²) < 4.78 is 7.41. The van der Waals surface area contributed by atoms with Crippen LogP contribution in [-0.2, 0) is 17.8 Å². The number of aromatic nitrogens is 1. The predicted octanol–water partition coefficient (Wildman–Crippen LogP) is 1.63. The van der Waals surface area contributed by atoms with Crippen molar-refractivity contribution < 1.29 is 4.74 Å². The molecule has 3 heteroatoms. The Labute approximate surface area is 86.1 Å². The van der Waals surface area contributed by atoms with Gasteiger partial charge in [-0.2, -0.15) is 0 Å². The molecule has 0 saturated carbocycles. The zero-order chi connectivity index (χ0) is 10.2. The zero-order valence-corrected chi connectivity index (χ0v) is 9.12. The van der Waals surface area contributed by atoms with Gasteiger partial charge < -0.3 is 14.6 Å². The van der Waals surface area contributed by atoms with E-state index in [2.05, 4.69) is 35.3 Å². The standard InChI is InChI=1S/C11H20N2O/c1-3-13-7-5-11(10-13)9-12-6-8-14-4-2/h5,7,10,12H,3-4,6,8-9H2,1-2H3. The molecule has 0 saturated heterocycles. The second-order valence-electron chi connectivity index (χ2n) is 3.22. The van der Waals surface area contributed by atoms with Gasteiger partial charge in [0.25, 0.3) is 0 Å². The lowest BCUT2D eigenvalue weighted by atomic mass is 10.3. The van der Waals surface area contributed by atoms with Crippen LogP contribution in [0.25, 0.3) is 0 Å². The van der Waals surface area contributed by atoms with Gasteiger partial charge in [-0.1, -0.05) is 0 Å². The molecule has 1 rings (SSSR count). The topological polar surface area (TPSA) is 26.2 Å². The molecule has 0 bridgehead atoms. The van der Waals surface area contributed by atoms with Gasteiger partial charge in [-0.3, -0.25) is 0 Å². The lowest BCUT2D eigenvalue weighted by Gasteiger charge is -2.02. The molecule has 80 valence electrons. The van der Waals surface area contributed by atoms with Crippen LogP contribution in [0.3, 0.4) is 0 Å². The molecule has 0 aliphatic rings. The summed E-state index contributed by atoms with van der Waals surface area (Å²) in [5.74, 6) is 0. The van der Waals surface area contributed by atoms with Crippen LogP contribution in [-0.4, -0.2) is 24.3 Å². The van der Waals surface area contributed by atoms with E-state index in [9.17, 15) is 0 Å². The Morgan fingerprint density at radius 1 is 1.43 bits per heavy atom. The molecule has 1 heterocycles. The van der Waals surface area contributed by atoms with Crippen LogP contribution in [0.2, 0.25) is 0 Å². The molecule has 0 fully saturated rings. The summed E-state index contributed by atoms with van der Waals surface area (Å²) in [7, 11) is 0. The quantitative estimate of drug-likeness (QED) is 0.671. The molecule has 0 unspecified atom stereocenters. The molecule has 0 atom stereocenters. The largest absolute Gasteiger partial charge is 0.380 e. The smallest absolute Gasteiger partial charge is 0.0590 e. The summed E-state index contributed by atoms with van der Waals surface area (Å²) in [6.07, 6.45) is 4.28. The zero-order valence-electron chi connectivity index (χ0n) is 9.12. The Bertz CT molecular complexity index is 245. The average Bonchev–Trinajstić information content (AvgIpc) is 2.65. The van der Waals surface area contributed by atoms with Crippen molar-refractivity contribution in [3.63, 3.8) is 0 Å². The Morgan fingerprint density at radius 3 is 2.93 bits per heavy atom.